The van der Waals surface area contributed by atoms with Gasteiger partial charge in [0.2, 0.25) is 5.95 Å². The number of nitrogens with zero attached hydrogens (tertiary/aromatic N) is 4. The van der Waals surface area contributed by atoms with Crippen molar-refractivity contribution >= 4 is 11.7 Å². The number of Topliss-reactive ketones (excluding diaryl/α,β-unsaturated/α-hetero) is 1. The lowest BCUT2D eigenvalue weighted by Crippen LogP contribution is -2.39. The minimum Gasteiger partial charge on any atom is -0.339 e. The van der Waals surface area contributed by atoms with E-state index in [0.29, 0.717) is 5.95 Å². The van der Waals surface area contributed by atoms with E-state index in [1.54, 1.807) is 6.92 Å². The molecule has 5 heteroatoms. The number of piperidine rings is 1. The number of anilines is 1. The van der Waals surface area contributed by atoms with Crippen LogP contribution in [0, 0.1) is 19.8 Å². The van der Waals surface area contributed by atoms with Gasteiger partial charge >= 0.3 is 0 Å². The first-order valence-corrected chi connectivity index (χ1v) is 6.01. The predicted molar refractivity (Wildman–Crippen MR) is 64.9 cm³/mol. The second kappa shape index (κ2) is 4.77. The Labute approximate surface area is 101 Å². The number of aromatic nitrogens is 3. The Balaban J connectivity index is 2.16. The molecule has 1 saturated heterocycles. The Bertz CT molecular complexity index is 433. The largest absolute Gasteiger partial charge is 0.339 e. The molecule has 2 heterocycles. The molecule has 17 heavy (non-hydrogen) atoms. The van der Waals surface area contributed by atoms with Crippen LogP contribution in [0.1, 0.15) is 31.2 Å². The molecule has 1 aliphatic rings. The maximum Gasteiger partial charge on any atom is 0.245 e. The summed E-state index contributed by atoms with van der Waals surface area (Å²) in [6.07, 6.45) is 1.99. The van der Waals surface area contributed by atoms with E-state index in [1.165, 1.54) is 0 Å². The van der Waals surface area contributed by atoms with Crippen molar-refractivity contribution in [2.24, 2.45) is 5.92 Å². The number of aryl methyl sites for hydroxylation is 2. The maximum atomic E-state index is 11.4. The maximum absolute atomic E-state index is 11.4. The zero-order chi connectivity index (χ0) is 12.4. The molecule has 0 radical (unpaired) electrons. The van der Waals surface area contributed by atoms with Gasteiger partial charge in [0.25, 0.3) is 0 Å². The zero-order valence-electron chi connectivity index (χ0n) is 10.6. The second-order valence-corrected chi connectivity index (χ2v) is 4.68. The quantitative estimate of drug-likeness (QED) is 0.771. The van der Waals surface area contributed by atoms with Crippen molar-refractivity contribution in [1.29, 1.82) is 0 Å². The van der Waals surface area contributed by atoms with Gasteiger partial charge in [-0.3, -0.25) is 4.79 Å². The smallest absolute Gasteiger partial charge is 0.245 e. The molecular weight excluding hydrogens is 216 g/mol. The first kappa shape index (κ1) is 12.0. The van der Waals surface area contributed by atoms with Gasteiger partial charge in [0, 0.05) is 19.0 Å². The lowest BCUT2D eigenvalue weighted by atomic mass is 9.95. The second-order valence-electron chi connectivity index (χ2n) is 4.68. The summed E-state index contributed by atoms with van der Waals surface area (Å²) in [7, 11) is 0. The molecule has 0 bridgehead atoms. The van der Waals surface area contributed by atoms with Crippen LogP contribution in [-0.4, -0.2) is 34.1 Å². The van der Waals surface area contributed by atoms with Crippen LogP contribution in [0.5, 0.6) is 0 Å². The van der Waals surface area contributed by atoms with E-state index in [9.17, 15) is 4.79 Å². The van der Waals surface area contributed by atoms with E-state index < -0.39 is 0 Å². The van der Waals surface area contributed by atoms with E-state index in [0.717, 1.165) is 37.3 Å². The Hall–Kier alpha value is -1.52. The highest BCUT2D eigenvalue weighted by molar-refractivity contribution is 5.79. The van der Waals surface area contributed by atoms with Gasteiger partial charge in [-0.25, -0.2) is 4.98 Å². The first-order valence-electron chi connectivity index (χ1n) is 6.01. The predicted octanol–water partition coefficient (Wildman–Crippen LogP) is 1.29. The van der Waals surface area contributed by atoms with Crippen LogP contribution in [0.2, 0.25) is 0 Å². The number of hydrogen-bond donors (Lipinski definition) is 0. The lowest BCUT2D eigenvalue weighted by Gasteiger charge is -2.31. The molecule has 1 aromatic heterocycles. The van der Waals surface area contributed by atoms with Gasteiger partial charge in [-0.15, -0.1) is 5.10 Å². The topological polar surface area (TPSA) is 59.0 Å². The standard InChI is InChI=1S/C12H18N4O/c1-8-9(2)14-15-12(13-8)16-6-4-5-11(7-16)10(3)17/h11H,4-7H2,1-3H3. The van der Waals surface area contributed by atoms with E-state index in [1.807, 2.05) is 13.8 Å². The summed E-state index contributed by atoms with van der Waals surface area (Å²) in [4.78, 5) is 17.9. The molecule has 2 rings (SSSR count). The SMILES string of the molecule is CC(=O)C1CCCN(c2nnc(C)c(C)n2)C1. The van der Waals surface area contributed by atoms with Gasteiger partial charge in [0.1, 0.15) is 5.78 Å². The van der Waals surface area contributed by atoms with Crippen molar-refractivity contribution in [3.8, 4) is 0 Å². The van der Waals surface area contributed by atoms with Crippen LogP contribution in [-0.2, 0) is 4.79 Å². The van der Waals surface area contributed by atoms with E-state index in [2.05, 4.69) is 20.1 Å². The van der Waals surface area contributed by atoms with Crippen molar-refractivity contribution in [1.82, 2.24) is 15.2 Å². The molecule has 0 aliphatic carbocycles. The third-order valence-electron chi connectivity index (χ3n) is 3.36. The molecule has 5 nitrogen and oxygen atoms in total. The molecule has 0 amide bonds. The molecule has 1 fully saturated rings. The summed E-state index contributed by atoms with van der Waals surface area (Å²) in [5.74, 6) is 1.03. The number of carbonyl (C=O) groups is 1. The Morgan fingerprint density at radius 2 is 2.06 bits per heavy atom. The van der Waals surface area contributed by atoms with Gasteiger partial charge in [-0.1, -0.05) is 0 Å². The minimum absolute atomic E-state index is 0.119. The Morgan fingerprint density at radius 3 is 2.71 bits per heavy atom. The molecular formula is C12H18N4O. The Morgan fingerprint density at radius 1 is 1.29 bits per heavy atom. The van der Waals surface area contributed by atoms with Gasteiger partial charge in [0.15, 0.2) is 0 Å². The highest BCUT2D eigenvalue weighted by atomic mass is 16.1. The summed E-state index contributed by atoms with van der Waals surface area (Å²) in [6, 6.07) is 0. The fourth-order valence-electron chi connectivity index (χ4n) is 2.07. The average Bonchev–Trinajstić information content (AvgIpc) is 2.33. The molecule has 0 aromatic carbocycles. The summed E-state index contributed by atoms with van der Waals surface area (Å²) < 4.78 is 0. The molecule has 0 saturated carbocycles. The minimum atomic E-state index is 0.119. The number of ketones is 1. The number of rotatable bonds is 2. The highest BCUT2D eigenvalue weighted by Gasteiger charge is 2.25. The van der Waals surface area contributed by atoms with Crippen molar-refractivity contribution in [3.05, 3.63) is 11.4 Å². The Kier molecular flexibility index (Phi) is 3.36. The van der Waals surface area contributed by atoms with E-state index in [4.69, 9.17) is 0 Å². The molecule has 1 atom stereocenters. The van der Waals surface area contributed by atoms with Crippen LogP contribution in [0.3, 0.4) is 0 Å². The third-order valence-corrected chi connectivity index (χ3v) is 3.36. The first-order chi connectivity index (χ1) is 8.08. The molecule has 1 aliphatic heterocycles. The monoisotopic (exact) mass is 234 g/mol. The zero-order valence-corrected chi connectivity index (χ0v) is 10.6. The van der Waals surface area contributed by atoms with Gasteiger partial charge in [0.05, 0.1) is 11.4 Å². The number of carbonyl (C=O) groups excluding carboxylic acids is 1. The molecule has 0 spiro atoms. The van der Waals surface area contributed by atoms with E-state index in [-0.39, 0.29) is 11.7 Å². The fourth-order valence-corrected chi connectivity index (χ4v) is 2.07. The van der Waals surface area contributed by atoms with Crippen molar-refractivity contribution in [2.45, 2.75) is 33.6 Å². The molecule has 1 aromatic rings. The van der Waals surface area contributed by atoms with Crippen LogP contribution >= 0.6 is 0 Å². The summed E-state index contributed by atoms with van der Waals surface area (Å²) in [5, 5.41) is 8.19. The average molecular weight is 234 g/mol. The van der Waals surface area contributed by atoms with Gasteiger partial charge in [-0.2, -0.15) is 5.10 Å². The van der Waals surface area contributed by atoms with Crippen molar-refractivity contribution in [3.63, 3.8) is 0 Å². The van der Waals surface area contributed by atoms with Gasteiger partial charge in [-0.05, 0) is 33.6 Å². The molecule has 0 N–H and O–H groups in total. The fraction of sp³-hybridized carbons (Fsp3) is 0.667. The summed E-state index contributed by atoms with van der Waals surface area (Å²) in [6.45, 7) is 7.12. The van der Waals surface area contributed by atoms with Gasteiger partial charge < -0.3 is 4.90 Å². The van der Waals surface area contributed by atoms with Crippen LogP contribution in [0.25, 0.3) is 0 Å². The number of hydrogen-bond acceptors (Lipinski definition) is 5. The van der Waals surface area contributed by atoms with Crippen molar-refractivity contribution < 1.29 is 4.79 Å². The van der Waals surface area contributed by atoms with Crippen molar-refractivity contribution in [2.75, 3.05) is 18.0 Å². The van der Waals surface area contributed by atoms with Crippen LogP contribution in [0.4, 0.5) is 5.95 Å². The summed E-state index contributed by atoms with van der Waals surface area (Å²) in [5.41, 5.74) is 1.76. The van der Waals surface area contributed by atoms with Crippen LogP contribution in [0.15, 0.2) is 0 Å². The molecule has 1 unspecified atom stereocenters. The lowest BCUT2D eigenvalue weighted by molar-refractivity contribution is -0.120. The van der Waals surface area contributed by atoms with Crippen LogP contribution < -0.4 is 4.90 Å². The normalized spacial score (nSPS) is 20.4. The third kappa shape index (κ3) is 2.60. The highest BCUT2D eigenvalue weighted by Crippen LogP contribution is 2.20. The summed E-state index contributed by atoms with van der Waals surface area (Å²) >= 11 is 0. The van der Waals surface area contributed by atoms with E-state index >= 15 is 0 Å². The molecule has 92 valence electrons.